The Morgan fingerprint density at radius 1 is 1.15 bits per heavy atom. The number of aryl methyl sites for hydroxylation is 1. The van der Waals surface area contributed by atoms with E-state index in [9.17, 15) is 17.2 Å². The predicted octanol–water partition coefficient (Wildman–Crippen LogP) is 3.37. The third-order valence-corrected chi connectivity index (χ3v) is 7.25. The summed E-state index contributed by atoms with van der Waals surface area (Å²) in [6.07, 6.45) is 4.15. The number of nitrogens with zero attached hydrogens (tertiary/aromatic N) is 3. The molecule has 2 heterocycles. The molecule has 2 aromatic carbocycles. The van der Waals surface area contributed by atoms with Crippen molar-refractivity contribution in [1.29, 1.82) is 0 Å². The molecule has 4 aromatic rings. The molecule has 2 aromatic heterocycles. The van der Waals surface area contributed by atoms with Crippen LogP contribution in [0.4, 0.5) is 14.6 Å². The van der Waals surface area contributed by atoms with Gasteiger partial charge in [0.25, 0.3) is 10.0 Å². The first kappa shape index (κ1) is 21.5. The second-order valence-electron chi connectivity index (χ2n) is 8.15. The van der Waals surface area contributed by atoms with Crippen LogP contribution in [0, 0.1) is 11.8 Å². The van der Waals surface area contributed by atoms with Crippen molar-refractivity contribution in [3.8, 4) is 0 Å². The highest BCUT2D eigenvalue weighted by Gasteiger charge is 2.23. The van der Waals surface area contributed by atoms with E-state index in [0.29, 0.717) is 17.4 Å². The van der Waals surface area contributed by atoms with Crippen LogP contribution in [0.15, 0.2) is 59.6 Å². The second kappa shape index (κ2) is 8.20. The Morgan fingerprint density at radius 3 is 2.79 bits per heavy atom. The number of benzene rings is 2. The normalized spacial score (nSPS) is 16.0. The molecule has 0 spiro atoms. The average Bonchev–Trinajstić information content (AvgIpc) is 3.15. The Balaban J connectivity index is 1.48. The molecule has 10 heteroatoms. The zero-order valence-electron chi connectivity index (χ0n) is 17.5. The first-order valence-corrected chi connectivity index (χ1v) is 11.9. The lowest BCUT2D eigenvalue weighted by Gasteiger charge is -2.24. The summed E-state index contributed by atoms with van der Waals surface area (Å²) in [6.45, 7) is 0.413. The van der Waals surface area contributed by atoms with Crippen LogP contribution in [0.3, 0.4) is 0 Å². The summed E-state index contributed by atoms with van der Waals surface area (Å²) in [7, 11) is -4.33. The molecule has 1 unspecified atom stereocenters. The summed E-state index contributed by atoms with van der Waals surface area (Å²) in [6, 6.07) is 12.2. The fourth-order valence-corrected chi connectivity index (χ4v) is 5.36. The Hall–Kier alpha value is -3.37. The number of nitrogens with one attached hydrogen (secondary N) is 1. The molecule has 7 nitrogen and oxygen atoms in total. The Morgan fingerprint density at radius 2 is 1.97 bits per heavy atom. The van der Waals surface area contributed by atoms with Crippen molar-refractivity contribution in [1.82, 2.24) is 14.8 Å². The molecule has 1 atom stereocenters. The maximum Gasteiger partial charge on any atom is 0.265 e. The van der Waals surface area contributed by atoms with Gasteiger partial charge in [0.1, 0.15) is 16.5 Å². The van der Waals surface area contributed by atoms with Gasteiger partial charge in [-0.05, 0) is 54.2 Å². The van der Waals surface area contributed by atoms with Gasteiger partial charge in [-0.3, -0.25) is 9.40 Å². The molecule has 0 aliphatic heterocycles. The van der Waals surface area contributed by atoms with Crippen LogP contribution in [0.2, 0.25) is 0 Å². The number of nitrogens with two attached hydrogens (primary N) is 1. The number of pyridine rings is 1. The van der Waals surface area contributed by atoms with Gasteiger partial charge in [-0.15, -0.1) is 0 Å². The largest absolute Gasteiger partial charge is 0.327 e. The predicted molar refractivity (Wildman–Crippen MR) is 120 cm³/mol. The van der Waals surface area contributed by atoms with E-state index in [1.54, 1.807) is 4.68 Å². The maximum atomic E-state index is 14.9. The highest BCUT2D eigenvalue weighted by molar-refractivity contribution is 7.92. The zero-order chi connectivity index (χ0) is 23.2. The van der Waals surface area contributed by atoms with Gasteiger partial charge >= 0.3 is 0 Å². The van der Waals surface area contributed by atoms with Gasteiger partial charge in [0.05, 0.1) is 18.3 Å². The van der Waals surface area contributed by atoms with Gasteiger partial charge in [-0.25, -0.2) is 17.8 Å². The Labute approximate surface area is 189 Å². The Bertz CT molecular complexity index is 1470. The number of hydrogen-bond acceptors (Lipinski definition) is 5. The molecule has 170 valence electrons. The summed E-state index contributed by atoms with van der Waals surface area (Å²) < 4.78 is 57.4. The summed E-state index contributed by atoms with van der Waals surface area (Å²) in [5.41, 5.74) is 10.2. The molecular formula is C23H21F2N5O2S. The number of rotatable bonds is 5. The van der Waals surface area contributed by atoms with E-state index < -0.39 is 26.7 Å². The second-order valence-corrected chi connectivity index (χ2v) is 9.80. The van der Waals surface area contributed by atoms with Crippen LogP contribution in [-0.4, -0.2) is 29.2 Å². The topological polar surface area (TPSA) is 103 Å². The van der Waals surface area contributed by atoms with E-state index >= 15 is 0 Å². The van der Waals surface area contributed by atoms with Crippen LogP contribution < -0.4 is 10.5 Å². The smallest absolute Gasteiger partial charge is 0.265 e. The first-order chi connectivity index (χ1) is 15.8. The van der Waals surface area contributed by atoms with Crippen molar-refractivity contribution in [3.05, 3.63) is 83.2 Å². The van der Waals surface area contributed by atoms with Crippen molar-refractivity contribution < 1.29 is 17.2 Å². The van der Waals surface area contributed by atoms with Crippen LogP contribution in [0.25, 0.3) is 10.9 Å². The minimum atomic E-state index is -4.33. The van der Waals surface area contributed by atoms with E-state index in [2.05, 4.69) is 20.9 Å². The van der Waals surface area contributed by atoms with Crippen LogP contribution in [-0.2, 0) is 29.4 Å². The molecule has 3 N–H and O–H groups in total. The monoisotopic (exact) mass is 469 g/mol. The number of hydrogen-bond donors (Lipinski definition) is 2. The van der Waals surface area contributed by atoms with Crippen molar-refractivity contribution >= 4 is 26.7 Å². The summed E-state index contributed by atoms with van der Waals surface area (Å²) in [5.74, 6) is -2.03. The molecule has 5 rings (SSSR count). The lowest BCUT2D eigenvalue weighted by Crippen LogP contribution is -2.29. The number of anilines is 1. The van der Waals surface area contributed by atoms with Crippen molar-refractivity contribution in [2.45, 2.75) is 36.7 Å². The SMILES string of the molecule is NC1CCc2cccc(Cn3ncc4cc(S(=O)(=O)Nc5cccc(F)n5)c(F)cc43)c2C1. The average molecular weight is 470 g/mol. The van der Waals surface area contributed by atoms with Gasteiger partial charge in [0.15, 0.2) is 0 Å². The third kappa shape index (κ3) is 4.19. The highest BCUT2D eigenvalue weighted by atomic mass is 32.2. The molecule has 0 saturated carbocycles. The van der Waals surface area contributed by atoms with Crippen LogP contribution >= 0.6 is 0 Å². The maximum absolute atomic E-state index is 14.9. The zero-order valence-corrected chi connectivity index (χ0v) is 18.3. The van der Waals surface area contributed by atoms with Gasteiger partial charge in [0, 0.05) is 17.5 Å². The Kier molecular flexibility index (Phi) is 5.34. The molecule has 0 amide bonds. The summed E-state index contributed by atoms with van der Waals surface area (Å²) in [5, 5.41) is 4.82. The molecule has 0 fully saturated rings. The van der Waals surface area contributed by atoms with E-state index in [1.807, 2.05) is 12.1 Å². The van der Waals surface area contributed by atoms with Gasteiger partial charge in [-0.2, -0.15) is 9.49 Å². The van der Waals surface area contributed by atoms with E-state index in [1.165, 1.54) is 35.5 Å². The molecule has 0 saturated heterocycles. The minimum Gasteiger partial charge on any atom is -0.327 e. The lowest BCUT2D eigenvalue weighted by molar-refractivity contribution is 0.567. The van der Waals surface area contributed by atoms with E-state index in [-0.39, 0.29) is 11.9 Å². The van der Waals surface area contributed by atoms with Crippen molar-refractivity contribution in [2.24, 2.45) is 5.73 Å². The van der Waals surface area contributed by atoms with Gasteiger partial charge in [0.2, 0.25) is 5.95 Å². The number of sulfonamides is 1. The van der Waals surface area contributed by atoms with Gasteiger partial charge in [-0.1, -0.05) is 24.3 Å². The molecular weight excluding hydrogens is 448 g/mol. The van der Waals surface area contributed by atoms with E-state index in [4.69, 9.17) is 5.73 Å². The summed E-state index contributed by atoms with van der Waals surface area (Å²) in [4.78, 5) is 2.90. The summed E-state index contributed by atoms with van der Waals surface area (Å²) >= 11 is 0. The van der Waals surface area contributed by atoms with E-state index in [0.717, 1.165) is 37.0 Å². The highest BCUT2D eigenvalue weighted by Crippen LogP contribution is 2.28. The molecule has 33 heavy (non-hydrogen) atoms. The fourth-order valence-electron chi connectivity index (χ4n) is 4.27. The standard InChI is InChI=1S/C23H21F2N5O2S/c24-19-11-20-16(9-21(19)33(31,32)29-23-6-2-5-22(25)28-23)12-27-30(20)13-15-4-1-3-14-7-8-17(26)10-18(14)15/h1-6,9,11-12,17H,7-8,10,13,26H2,(H,28,29). The number of halogens is 2. The molecule has 0 bridgehead atoms. The molecule has 0 radical (unpaired) electrons. The van der Waals surface area contributed by atoms with Crippen LogP contribution in [0.5, 0.6) is 0 Å². The van der Waals surface area contributed by atoms with Crippen LogP contribution in [0.1, 0.15) is 23.1 Å². The first-order valence-electron chi connectivity index (χ1n) is 10.5. The minimum absolute atomic E-state index is 0.110. The third-order valence-electron chi connectivity index (χ3n) is 5.88. The number of aromatic nitrogens is 3. The number of fused-ring (bicyclic) bond motifs is 2. The lowest BCUT2D eigenvalue weighted by atomic mass is 9.86. The van der Waals surface area contributed by atoms with Gasteiger partial charge < -0.3 is 5.73 Å². The quantitative estimate of drug-likeness (QED) is 0.436. The molecule has 1 aliphatic rings. The van der Waals surface area contributed by atoms with Crippen molar-refractivity contribution in [2.75, 3.05) is 4.72 Å². The molecule has 1 aliphatic carbocycles. The fraction of sp³-hybridized carbons (Fsp3) is 0.217. The van der Waals surface area contributed by atoms with Crippen molar-refractivity contribution in [3.63, 3.8) is 0 Å².